The van der Waals surface area contributed by atoms with E-state index in [2.05, 4.69) is 0 Å². The maximum Gasteiger partial charge on any atom is 0.142 e. The first-order valence-corrected chi connectivity index (χ1v) is 5.25. The van der Waals surface area contributed by atoms with Gasteiger partial charge >= 0.3 is 0 Å². The van der Waals surface area contributed by atoms with Crippen LogP contribution in [-0.2, 0) is 6.61 Å². The molecule has 1 aromatic heterocycles. The van der Waals surface area contributed by atoms with Gasteiger partial charge in [0.2, 0.25) is 0 Å². The van der Waals surface area contributed by atoms with E-state index >= 15 is 0 Å². The summed E-state index contributed by atoms with van der Waals surface area (Å²) in [4.78, 5) is 0. The highest BCUT2D eigenvalue weighted by Crippen LogP contribution is 2.27. The highest BCUT2D eigenvalue weighted by Gasteiger charge is 2.08. The summed E-state index contributed by atoms with van der Waals surface area (Å²) in [5.74, 6) is 0.718. The molecule has 0 aliphatic carbocycles. The Balaban J connectivity index is 2.58. The van der Waals surface area contributed by atoms with Gasteiger partial charge in [-0.2, -0.15) is 0 Å². The summed E-state index contributed by atoms with van der Waals surface area (Å²) in [6.45, 7) is -0.0251. The monoisotopic (exact) mass is 237 g/mol. The maximum atomic E-state index is 9.21. The van der Waals surface area contributed by atoms with Crippen molar-refractivity contribution in [1.29, 1.82) is 0 Å². The molecule has 3 nitrogen and oxygen atoms in total. The quantitative estimate of drug-likeness (QED) is 0.891. The number of ether oxygens (including phenoxy) is 1. The van der Waals surface area contributed by atoms with Crippen LogP contribution in [0.4, 0.5) is 0 Å². The third-order valence-electron chi connectivity index (χ3n) is 2.40. The van der Waals surface area contributed by atoms with E-state index in [4.69, 9.17) is 16.3 Å². The first kappa shape index (κ1) is 11.0. The summed E-state index contributed by atoms with van der Waals surface area (Å²) in [5, 5.41) is 9.84. The fourth-order valence-corrected chi connectivity index (χ4v) is 1.80. The molecule has 84 valence electrons. The molecule has 1 aromatic carbocycles. The zero-order chi connectivity index (χ0) is 11.5. The maximum absolute atomic E-state index is 9.21. The molecule has 0 amide bonds. The zero-order valence-electron chi connectivity index (χ0n) is 8.85. The molecule has 0 unspecified atom stereocenters. The van der Waals surface area contributed by atoms with Crippen molar-refractivity contribution >= 4 is 11.6 Å². The van der Waals surface area contributed by atoms with Crippen LogP contribution in [0, 0.1) is 0 Å². The van der Waals surface area contributed by atoms with E-state index in [1.165, 1.54) is 0 Å². The fourth-order valence-electron chi connectivity index (χ4n) is 1.63. The predicted octanol–water partition coefficient (Wildman–Crippen LogP) is 2.63. The number of methoxy groups -OCH3 is 1. The molecular weight excluding hydrogens is 226 g/mol. The Bertz CT molecular complexity index is 494. The summed E-state index contributed by atoms with van der Waals surface area (Å²) < 4.78 is 7.11. The van der Waals surface area contributed by atoms with E-state index in [9.17, 15) is 5.11 Å². The molecule has 0 aliphatic rings. The molecule has 0 saturated carbocycles. The number of halogens is 1. The topological polar surface area (TPSA) is 34.4 Å². The third-order valence-corrected chi connectivity index (χ3v) is 2.63. The molecule has 0 radical (unpaired) electrons. The van der Waals surface area contributed by atoms with Gasteiger partial charge in [-0.3, -0.25) is 0 Å². The van der Waals surface area contributed by atoms with Crippen LogP contribution in [-0.4, -0.2) is 16.8 Å². The van der Waals surface area contributed by atoms with Gasteiger partial charge in [0.1, 0.15) is 5.75 Å². The van der Waals surface area contributed by atoms with Crippen molar-refractivity contribution in [3.05, 3.63) is 47.2 Å². The lowest BCUT2D eigenvalue weighted by Crippen LogP contribution is -2.01. The van der Waals surface area contributed by atoms with E-state index < -0.39 is 0 Å². The Morgan fingerprint density at radius 1 is 1.38 bits per heavy atom. The molecule has 0 spiro atoms. The average molecular weight is 238 g/mol. The van der Waals surface area contributed by atoms with Crippen LogP contribution in [0.5, 0.6) is 5.75 Å². The van der Waals surface area contributed by atoms with E-state index in [0.29, 0.717) is 5.02 Å². The van der Waals surface area contributed by atoms with E-state index in [0.717, 1.165) is 17.1 Å². The minimum Gasteiger partial charge on any atom is -0.495 e. The standard InChI is InChI=1S/C12H12ClNO2/c1-16-12-5-4-9(13)7-11(12)14-6-2-3-10(14)8-15/h2-7,15H,8H2,1H3. The molecule has 1 heterocycles. The number of hydrogen-bond donors (Lipinski definition) is 1. The van der Waals surface area contributed by atoms with E-state index in [1.807, 2.05) is 22.9 Å². The Morgan fingerprint density at radius 3 is 2.88 bits per heavy atom. The number of hydrogen-bond acceptors (Lipinski definition) is 2. The van der Waals surface area contributed by atoms with Gasteiger partial charge in [0.15, 0.2) is 0 Å². The van der Waals surface area contributed by atoms with Gasteiger partial charge in [0.25, 0.3) is 0 Å². The second-order valence-corrected chi connectivity index (χ2v) is 3.78. The second kappa shape index (κ2) is 4.60. The lowest BCUT2D eigenvalue weighted by molar-refractivity contribution is 0.274. The first-order chi connectivity index (χ1) is 7.76. The van der Waals surface area contributed by atoms with Crippen LogP contribution < -0.4 is 4.74 Å². The SMILES string of the molecule is COc1ccc(Cl)cc1-n1cccc1CO. The van der Waals surface area contributed by atoms with Crippen molar-refractivity contribution in [2.24, 2.45) is 0 Å². The van der Waals surface area contributed by atoms with Gasteiger partial charge in [-0.05, 0) is 30.3 Å². The van der Waals surface area contributed by atoms with Crippen molar-refractivity contribution in [1.82, 2.24) is 4.57 Å². The second-order valence-electron chi connectivity index (χ2n) is 3.34. The van der Waals surface area contributed by atoms with Gasteiger partial charge in [-0.1, -0.05) is 11.6 Å². The minimum atomic E-state index is -0.0251. The van der Waals surface area contributed by atoms with Crippen molar-refractivity contribution < 1.29 is 9.84 Å². The van der Waals surface area contributed by atoms with Gasteiger partial charge < -0.3 is 14.4 Å². The van der Waals surface area contributed by atoms with Crippen molar-refractivity contribution in [2.45, 2.75) is 6.61 Å². The van der Waals surface area contributed by atoms with Crippen LogP contribution in [0.15, 0.2) is 36.5 Å². The van der Waals surface area contributed by atoms with Crippen molar-refractivity contribution in [2.75, 3.05) is 7.11 Å². The highest BCUT2D eigenvalue weighted by atomic mass is 35.5. The summed E-state index contributed by atoms with van der Waals surface area (Å²) in [6.07, 6.45) is 1.86. The van der Waals surface area contributed by atoms with Gasteiger partial charge in [0.05, 0.1) is 19.4 Å². The Hall–Kier alpha value is -1.45. The molecule has 2 rings (SSSR count). The molecule has 2 aromatic rings. The molecule has 1 N–H and O–H groups in total. The third kappa shape index (κ3) is 1.92. The van der Waals surface area contributed by atoms with Gasteiger partial charge in [-0.25, -0.2) is 0 Å². The molecule has 0 bridgehead atoms. The zero-order valence-corrected chi connectivity index (χ0v) is 9.61. The normalized spacial score (nSPS) is 10.4. The van der Waals surface area contributed by atoms with Crippen molar-refractivity contribution in [3.63, 3.8) is 0 Å². The lowest BCUT2D eigenvalue weighted by Gasteiger charge is -2.12. The Morgan fingerprint density at radius 2 is 2.19 bits per heavy atom. The minimum absolute atomic E-state index is 0.0251. The van der Waals surface area contributed by atoms with Crippen LogP contribution >= 0.6 is 11.6 Å². The molecule has 4 heteroatoms. The first-order valence-electron chi connectivity index (χ1n) is 4.87. The lowest BCUT2D eigenvalue weighted by atomic mass is 10.3. The number of rotatable bonds is 3. The molecule has 0 saturated heterocycles. The summed E-state index contributed by atoms with van der Waals surface area (Å²) >= 11 is 5.95. The largest absolute Gasteiger partial charge is 0.495 e. The molecule has 0 atom stereocenters. The summed E-state index contributed by atoms with van der Waals surface area (Å²) in [6, 6.07) is 9.09. The Labute approximate surface area is 98.8 Å². The summed E-state index contributed by atoms with van der Waals surface area (Å²) in [5.41, 5.74) is 1.62. The van der Waals surface area contributed by atoms with Crippen LogP contribution in [0.1, 0.15) is 5.69 Å². The molecule has 0 fully saturated rings. The number of aromatic nitrogens is 1. The van der Waals surface area contributed by atoms with Crippen LogP contribution in [0.25, 0.3) is 5.69 Å². The number of aliphatic hydroxyl groups excluding tert-OH is 1. The highest BCUT2D eigenvalue weighted by molar-refractivity contribution is 6.30. The molecule has 16 heavy (non-hydrogen) atoms. The van der Waals surface area contributed by atoms with Crippen LogP contribution in [0.2, 0.25) is 5.02 Å². The van der Waals surface area contributed by atoms with Gasteiger partial charge in [-0.15, -0.1) is 0 Å². The van der Waals surface area contributed by atoms with E-state index in [-0.39, 0.29) is 6.61 Å². The predicted molar refractivity (Wildman–Crippen MR) is 63.3 cm³/mol. The Kier molecular flexibility index (Phi) is 3.17. The molecule has 0 aliphatic heterocycles. The molecular formula is C12H12ClNO2. The fraction of sp³-hybridized carbons (Fsp3) is 0.167. The van der Waals surface area contributed by atoms with Crippen LogP contribution in [0.3, 0.4) is 0 Å². The average Bonchev–Trinajstić information content (AvgIpc) is 2.76. The number of benzene rings is 1. The van der Waals surface area contributed by atoms with Crippen molar-refractivity contribution in [3.8, 4) is 11.4 Å². The van der Waals surface area contributed by atoms with E-state index in [1.54, 1.807) is 25.3 Å². The smallest absolute Gasteiger partial charge is 0.142 e. The number of nitrogens with zero attached hydrogens (tertiary/aromatic N) is 1. The van der Waals surface area contributed by atoms with Gasteiger partial charge in [0, 0.05) is 16.9 Å². The summed E-state index contributed by atoms with van der Waals surface area (Å²) in [7, 11) is 1.61. The number of aliphatic hydroxyl groups is 1.